The number of nitrogens with zero attached hydrogens (tertiary/aromatic N) is 3. The predicted molar refractivity (Wildman–Crippen MR) is 93.6 cm³/mol. The Labute approximate surface area is 147 Å². The summed E-state index contributed by atoms with van der Waals surface area (Å²) in [5, 5.41) is 4.23. The highest BCUT2D eigenvalue weighted by atomic mass is 16.5. The Morgan fingerprint density at radius 2 is 1.72 bits per heavy atom. The molecule has 0 atom stereocenters. The van der Waals surface area contributed by atoms with E-state index in [1.165, 1.54) is 0 Å². The molecule has 0 radical (unpaired) electrons. The first-order chi connectivity index (χ1) is 12.1. The summed E-state index contributed by atoms with van der Waals surface area (Å²) < 4.78 is 6.98. The second-order valence-electron chi connectivity index (χ2n) is 6.30. The lowest BCUT2D eigenvalue weighted by Gasteiger charge is -2.19. The molecule has 1 aromatic carbocycles. The van der Waals surface area contributed by atoms with E-state index >= 15 is 0 Å². The molecule has 0 bridgehead atoms. The molecule has 0 spiro atoms. The molecule has 6 nitrogen and oxygen atoms in total. The van der Waals surface area contributed by atoms with E-state index in [0.29, 0.717) is 5.56 Å². The summed E-state index contributed by atoms with van der Waals surface area (Å²) in [6, 6.07) is 8.92. The number of hydrogen-bond acceptors (Lipinski definition) is 4. The van der Waals surface area contributed by atoms with Gasteiger partial charge in [0.15, 0.2) is 6.61 Å². The van der Waals surface area contributed by atoms with Gasteiger partial charge >= 0.3 is 5.97 Å². The fourth-order valence-corrected chi connectivity index (χ4v) is 3.00. The van der Waals surface area contributed by atoms with Gasteiger partial charge in [0.25, 0.3) is 5.91 Å². The molecule has 1 amide bonds. The number of ether oxygens (including phenoxy) is 1. The molecule has 0 saturated carbocycles. The van der Waals surface area contributed by atoms with Gasteiger partial charge < -0.3 is 9.64 Å². The van der Waals surface area contributed by atoms with Crippen LogP contribution < -0.4 is 0 Å². The molecular formula is C19H23N3O3. The fraction of sp³-hybridized carbons (Fsp3) is 0.421. The first-order valence-electron chi connectivity index (χ1n) is 8.71. The van der Waals surface area contributed by atoms with Crippen molar-refractivity contribution in [3.8, 4) is 5.69 Å². The Hall–Kier alpha value is -2.63. The number of aromatic nitrogens is 2. The van der Waals surface area contributed by atoms with Gasteiger partial charge in [-0.15, -0.1) is 0 Å². The van der Waals surface area contributed by atoms with Crippen molar-refractivity contribution >= 4 is 11.9 Å². The van der Waals surface area contributed by atoms with Crippen LogP contribution in [0.1, 0.15) is 41.7 Å². The zero-order valence-electron chi connectivity index (χ0n) is 14.5. The molecule has 0 unspecified atom stereocenters. The van der Waals surface area contributed by atoms with Crippen LogP contribution in [0.3, 0.4) is 0 Å². The first kappa shape index (κ1) is 17.2. The Balaban J connectivity index is 1.56. The molecule has 0 aliphatic carbocycles. The lowest BCUT2D eigenvalue weighted by molar-refractivity contribution is -0.134. The Bertz CT molecular complexity index is 729. The van der Waals surface area contributed by atoms with E-state index in [2.05, 4.69) is 5.10 Å². The lowest BCUT2D eigenvalue weighted by atomic mass is 10.2. The third kappa shape index (κ3) is 4.26. The second-order valence-corrected chi connectivity index (χ2v) is 6.30. The predicted octanol–water partition coefficient (Wildman–Crippen LogP) is 2.74. The minimum absolute atomic E-state index is 0.112. The average Bonchev–Trinajstić information content (AvgIpc) is 2.89. The molecule has 2 aromatic rings. The maximum atomic E-state index is 12.2. The van der Waals surface area contributed by atoms with Gasteiger partial charge in [-0.3, -0.25) is 4.79 Å². The standard InChI is InChI=1S/C19H23N3O3/c1-15-10-11-20-22(15)17-8-6-16(7-9-17)19(24)25-14-18(23)21-12-4-2-3-5-13-21/h6-11H,2-5,12-14H2,1H3. The van der Waals surface area contributed by atoms with Gasteiger partial charge in [0.2, 0.25) is 0 Å². The first-order valence-corrected chi connectivity index (χ1v) is 8.71. The molecule has 132 valence electrons. The monoisotopic (exact) mass is 341 g/mol. The SMILES string of the molecule is Cc1ccnn1-c1ccc(C(=O)OCC(=O)N2CCCCCC2)cc1. The summed E-state index contributed by atoms with van der Waals surface area (Å²) in [7, 11) is 0. The number of esters is 1. The summed E-state index contributed by atoms with van der Waals surface area (Å²) in [5.74, 6) is -0.592. The van der Waals surface area contributed by atoms with E-state index in [1.54, 1.807) is 27.9 Å². The molecular weight excluding hydrogens is 318 g/mol. The third-order valence-electron chi connectivity index (χ3n) is 4.47. The van der Waals surface area contributed by atoms with Crippen molar-refractivity contribution < 1.29 is 14.3 Å². The number of carbonyl (C=O) groups is 2. The van der Waals surface area contributed by atoms with Crippen molar-refractivity contribution in [2.24, 2.45) is 0 Å². The Morgan fingerprint density at radius 1 is 1.04 bits per heavy atom. The number of hydrogen-bond donors (Lipinski definition) is 0. The van der Waals surface area contributed by atoms with Crippen LogP contribution in [0.5, 0.6) is 0 Å². The normalized spacial score (nSPS) is 14.8. The molecule has 1 saturated heterocycles. The number of carbonyl (C=O) groups excluding carboxylic acids is 2. The van der Waals surface area contributed by atoms with Crippen LogP contribution in [0.2, 0.25) is 0 Å². The summed E-state index contributed by atoms with van der Waals surface area (Å²) in [4.78, 5) is 26.1. The fourth-order valence-electron chi connectivity index (χ4n) is 3.00. The molecule has 0 N–H and O–H groups in total. The molecule has 1 fully saturated rings. The van der Waals surface area contributed by atoms with Gasteiger partial charge in [-0.1, -0.05) is 12.8 Å². The smallest absolute Gasteiger partial charge is 0.338 e. The second kappa shape index (κ2) is 7.96. The Morgan fingerprint density at radius 3 is 2.32 bits per heavy atom. The van der Waals surface area contributed by atoms with E-state index in [0.717, 1.165) is 50.2 Å². The van der Waals surface area contributed by atoms with Crippen LogP contribution in [0, 0.1) is 6.92 Å². The van der Waals surface area contributed by atoms with Gasteiger partial charge in [-0.05, 0) is 50.1 Å². The van der Waals surface area contributed by atoms with E-state index in [4.69, 9.17) is 4.74 Å². The van der Waals surface area contributed by atoms with Crippen molar-refractivity contribution in [2.45, 2.75) is 32.6 Å². The van der Waals surface area contributed by atoms with Gasteiger partial charge in [-0.2, -0.15) is 5.10 Å². The van der Waals surface area contributed by atoms with Crippen molar-refractivity contribution in [3.63, 3.8) is 0 Å². The maximum Gasteiger partial charge on any atom is 0.338 e. The van der Waals surface area contributed by atoms with Gasteiger partial charge in [0, 0.05) is 25.0 Å². The number of amides is 1. The molecule has 1 aromatic heterocycles. The summed E-state index contributed by atoms with van der Waals surface area (Å²) >= 11 is 0. The van der Waals surface area contributed by atoms with E-state index in [1.807, 2.05) is 25.1 Å². The number of aryl methyl sites for hydroxylation is 1. The van der Waals surface area contributed by atoms with E-state index < -0.39 is 5.97 Å². The highest BCUT2D eigenvalue weighted by Gasteiger charge is 2.17. The largest absolute Gasteiger partial charge is 0.452 e. The summed E-state index contributed by atoms with van der Waals surface area (Å²) in [6.45, 7) is 3.28. The van der Waals surface area contributed by atoms with Crippen LogP contribution in [0.25, 0.3) is 5.69 Å². The molecule has 6 heteroatoms. The number of rotatable bonds is 4. The van der Waals surface area contributed by atoms with Gasteiger partial charge in [0.1, 0.15) is 0 Å². The lowest BCUT2D eigenvalue weighted by Crippen LogP contribution is -2.35. The zero-order valence-corrected chi connectivity index (χ0v) is 14.5. The maximum absolute atomic E-state index is 12.2. The molecule has 2 heterocycles. The third-order valence-corrected chi connectivity index (χ3v) is 4.47. The average molecular weight is 341 g/mol. The number of benzene rings is 1. The van der Waals surface area contributed by atoms with Crippen molar-refractivity contribution in [3.05, 3.63) is 47.8 Å². The van der Waals surface area contributed by atoms with E-state index in [9.17, 15) is 9.59 Å². The van der Waals surface area contributed by atoms with Crippen LogP contribution in [0.4, 0.5) is 0 Å². The topological polar surface area (TPSA) is 64.4 Å². The molecule has 3 rings (SSSR count). The molecule has 1 aliphatic heterocycles. The van der Waals surface area contributed by atoms with E-state index in [-0.39, 0.29) is 12.5 Å². The van der Waals surface area contributed by atoms with Crippen LogP contribution in [-0.2, 0) is 9.53 Å². The highest BCUT2D eigenvalue weighted by molar-refractivity contribution is 5.91. The highest BCUT2D eigenvalue weighted by Crippen LogP contribution is 2.13. The van der Waals surface area contributed by atoms with Crippen LogP contribution >= 0.6 is 0 Å². The van der Waals surface area contributed by atoms with Crippen LogP contribution in [-0.4, -0.2) is 46.3 Å². The van der Waals surface area contributed by atoms with Gasteiger partial charge in [0.05, 0.1) is 11.3 Å². The van der Waals surface area contributed by atoms with Crippen molar-refractivity contribution in [1.29, 1.82) is 0 Å². The zero-order chi connectivity index (χ0) is 17.6. The van der Waals surface area contributed by atoms with Crippen molar-refractivity contribution in [1.82, 2.24) is 14.7 Å². The minimum atomic E-state index is -0.480. The molecule has 25 heavy (non-hydrogen) atoms. The summed E-state index contributed by atoms with van der Waals surface area (Å²) in [6.07, 6.45) is 6.09. The molecule has 1 aliphatic rings. The Kier molecular flexibility index (Phi) is 5.48. The van der Waals surface area contributed by atoms with Crippen molar-refractivity contribution in [2.75, 3.05) is 19.7 Å². The summed E-state index contributed by atoms with van der Waals surface area (Å²) in [5.41, 5.74) is 2.32. The quantitative estimate of drug-likeness (QED) is 0.802. The van der Waals surface area contributed by atoms with Crippen LogP contribution in [0.15, 0.2) is 36.5 Å². The van der Waals surface area contributed by atoms with Gasteiger partial charge in [-0.25, -0.2) is 9.48 Å². The minimum Gasteiger partial charge on any atom is -0.452 e. The number of likely N-dealkylation sites (tertiary alicyclic amines) is 1.